The third-order valence-corrected chi connectivity index (χ3v) is 6.55. The molecule has 1 unspecified atom stereocenters. The highest BCUT2D eigenvalue weighted by atomic mass is 16.3. The van der Waals surface area contributed by atoms with Gasteiger partial charge in [0.15, 0.2) is 0 Å². The number of aromatic amines is 1. The van der Waals surface area contributed by atoms with E-state index in [4.69, 9.17) is 0 Å². The van der Waals surface area contributed by atoms with Crippen molar-refractivity contribution in [3.05, 3.63) is 33.2 Å². The first-order valence-corrected chi connectivity index (χ1v) is 10.5. The van der Waals surface area contributed by atoms with Crippen LogP contribution in [0.15, 0.2) is 11.0 Å². The average molecular weight is 373 g/mol. The summed E-state index contributed by atoms with van der Waals surface area (Å²) in [5.74, 6) is -0.152. The minimum Gasteiger partial charge on any atom is -0.388 e. The Morgan fingerprint density at radius 1 is 1.04 bits per heavy atom. The van der Waals surface area contributed by atoms with Gasteiger partial charge in [-0.25, -0.2) is 0 Å². The van der Waals surface area contributed by atoms with Crippen LogP contribution >= 0.6 is 0 Å². The molecule has 2 N–H and O–H groups in total. The van der Waals surface area contributed by atoms with E-state index in [-0.39, 0.29) is 11.5 Å². The quantitative estimate of drug-likeness (QED) is 0.846. The maximum Gasteiger partial charge on any atom is 0.261 e. The van der Waals surface area contributed by atoms with E-state index in [9.17, 15) is 14.7 Å². The average Bonchev–Trinajstić information content (AvgIpc) is 3.08. The molecule has 1 aromatic rings. The molecule has 1 amide bonds. The van der Waals surface area contributed by atoms with E-state index in [1.165, 1.54) is 12.8 Å². The molecule has 27 heavy (non-hydrogen) atoms. The van der Waals surface area contributed by atoms with Gasteiger partial charge in [0.05, 0.1) is 5.60 Å². The van der Waals surface area contributed by atoms with Gasteiger partial charge in [0.2, 0.25) is 0 Å². The smallest absolute Gasteiger partial charge is 0.261 e. The van der Waals surface area contributed by atoms with Gasteiger partial charge >= 0.3 is 0 Å². The predicted octanol–water partition coefficient (Wildman–Crippen LogP) is 1.71. The lowest BCUT2D eigenvalue weighted by molar-refractivity contribution is -0.00291. The molecule has 2 saturated heterocycles. The maximum atomic E-state index is 13.2. The summed E-state index contributed by atoms with van der Waals surface area (Å²) in [6, 6.07) is 0. The lowest BCUT2D eigenvalue weighted by Crippen LogP contribution is -2.43. The van der Waals surface area contributed by atoms with Crippen LogP contribution in [0.2, 0.25) is 0 Å². The number of carbonyl (C=O) groups is 1. The molecular weight excluding hydrogens is 342 g/mol. The molecule has 0 bridgehead atoms. The zero-order valence-electron chi connectivity index (χ0n) is 16.1. The molecule has 2 fully saturated rings. The summed E-state index contributed by atoms with van der Waals surface area (Å²) in [5, 5.41) is 11.1. The Morgan fingerprint density at radius 2 is 1.81 bits per heavy atom. The minimum atomic E-state index is -0.720. The van der Waals surface area contributed by atoms with E-state index in [0.29, 0.717) is 31.6 Å². The van der Waals surface area contributed by atoms with Crippen LogP contribution in [0.1, 0.15) is 66.4 Å². The molecule has 0 saturated carbocycles. The summed E-state index contributed by atoms with van der Waals surface area (Å²) in [7, 11) is 0. The Labute approximate surface area is 160 Å². The van der Waals surface area contributed by atoms with Crippen molar-refractivity contribution in [1.82, 2.24) is 14.8 Å². The molecule has 0 radical (unpaired) electrons. The van der Waals surface area contributed by atoms with Crippen molar-refractivity contribution < 1.29 is 9.90 Å². The number of aliphatic hydroxyl groups is 1. The highest BCUT2D eigenvalue weighted by Crippen LogP contribution is 2.27. The first-order chi connectivity index (χ1) is 13.1. The third-order valence-electron chi connectivity index (χ3n) is 6.55. The van der Waals surface area contributed by atoms with Crippen LogP contribution < -0.4 is 5.56 Å². The second kappa shape index (κ2) is 7.76. The molecule has 148 valence electrons. The Morgan fingerprint density at radius 3 is 2.63 bits per heavy atom. The van der Waals surface area contributed by atoms with Crippen molar-refractivity contribution in [2.45, 2.75) is 63.4 Å². The molecule has 0 aromatic carbocycles. The van der Waals surface area contributed by atoms with Gasteiger partial charge in [0.1, 0.15) is 5.56 Å². The standard InChI is InChI=1S/C21H31N3O3/c25-19-18(17-7-2-1-6-16(17)14-22-19)20(26)24-12-5-8-21(27,9-13-24)15-23-10-3-4-11-23/h14,27H,1-13,15H2,(H,22,25). The molecule has 4 rings (SSSR count). The van der Waals surface area contributed by atoms with E-state index in [2.05, 4.69) is 9.88 Å². The number of fused-ring (bicyclic) bond motifs is 1. The molecule has 6 heteroatoms. The summed E-state index contributed by atoms with van der Waals surface area (Å²) in [6.45, 7) is 3.97. The number of likely N-dealkylation sites (tertiary alicyclic amines) is 2. The number of β-amino-alcohol motifs (C(OH)–C–C–N with tert-alkyl or cyclic N) is 1. The number of nitrogens with zero attached hydrogens (tertiary/aromatic N) is 2. The number of carbonyl (C=O) groups excluding carboxylic acids is 1. The lowest BCUT2D eigenvalue weighted by atomic mass is 9.89. The predicted molar refractivity (Wildman–Crippen MR) is 104 cm³/mol. The number of hydrogen-bond acceptors (Lipinski definition) is 4. The molecule has 3 heterocycles. The van der Waals surface area contributed by atoms with Crippen LogP contribution in [0.25, 0.3) is 0 Å². The SMILES string of the molecule is O=C(c1c2c(c[nH]c1=O)CCCC2)N1CCCC(O)(CN2CCCC2)CC1. The van der Waals surface area contributed by atoms with Crippen molar-refractivity contribution in [3.63, 3.8) is 0 Å². The van der Waals surface area contributed by atoms with E-state index < -0.39 is 5.60 Å². The van der Waals surface area contributed by atoms with Gasteiger partial charge in [-0.15, -0.1) is 0 Å². The van der Waals surface area contributed by atoms with E-state index in [1.54, 1.807) is 11.1 Å². The molecule has 1 aliphatic carbocycles. The molecule has 3 aliphatic rings. The van der Waals surface area contributed by atoms with E-state index in [0.717, 1.165) is 62.7 Å². The van der Waals surface area contributed by atoms with Gasteiger partial charge in [-0.1, -0.05) is 0 Å². The van der Waals surface area contributed by atoms with Crippen molar-refractivity contribution >= 4 is 5.91 Å². The number of pyridine rings is 1. The van der Waals surface area contributed by atoms with Gasteiger partial charge in [-0.3, -0.25) is 9.59 Å². The number of rotatable bonds is 3. The fraction of sp³-hybridized carbons (Fsp3) is 0.714. The number of amides is 1. The van der Waals surface area contributed by atoms with Crippen LogP contribution in [0.4, 0.5) is 0 Å². The van der Waals surface area contributed by atoms with E-state index in [1.807, 2.05) is 0 Å². The molecule has 0 spiro atoms. The molecular formula is C21H31N3O3. The zero-order valence-corrected chi connectivity index (χ0v) is 16.1. The Kier molecular flexibility index (Phi) is 5.37. The highest BCUT2D eigenvalue weighted by molar-refractivity contribution is 5.95. The first kappa shape index (κ1) is 18.7. The number of H-pyrrole nitrogens is 1. The molecule has 1 aromatic heterocycles. The number of hydrogen-bond donors (Lipinski definition) is 2. The third kappa shape index (κ3) is 3.97. The number of nitrogens with one attached hydrogen (secondary N) is 1. The fourth-order valence-electron chi connectivity index (χ4n) is 5.02. The lowest BCUT2D eigenvalue weighted by Gasteiger charge is -2.31. The first-order valence-electron chi connectivity index (χ1n) is 10.5. The topological polar surface area (TPSA) is 76.6 Å². The monoisotopic (exact) mass is 373 g/mol. The van der Waals surface area contributed by atoms with Gasteiger partial charge in [-0.05, 0) is 82.0 Å². The molecule has 1 atom stereocenters. The Hall–Kier alpha value is -1.66. The fourth-order valence-corrected chi connectivity index (χ4v) is 5.02. The maximum absolute atomic E-state index is 13.2. The van der Waals surface area contributed by atoms with Crippen molar-refractivity contribution in [3.8, 4) is 0 Å². The van der Waals surface area contributed by atoms with Gasteiger partial charge < -0.3 is 19.9 Å². The van der Waals surface area contributed by atoms with Crippen LogP contribution in [-0.4, -0.2) is 64.1 Å². The second-order valence-electron chi connectivity index (χ2n) is 8.56. The number of aromatic nitrogens is 1. The summed E-state index contributed by atoms with van der Waals surface area (Å²) in [5.41, 5.74) is 1.42. The summed E-state index contributed by atoms with van der Waals surface area (Å²) >= 11 is 0. The van der Waals surface area contributed by atoms with Gasteiger partial charge in [-0.2, -0.15) is 0 Å². The minimum absolute atomic E-state index is 0.152. The second-order valence-corrected chi connectivity index (χ2v) is 8.56. The van der Waals surface area contributed by atoms with Crippen molar-refractivity contribution in [1.29, 1.82) is 0 Å². The zero-order chi connectivity index (χ0) is 18.9. The van der Waals surface area contributed by atoms with Crippen LogP contribution in [0.3, 0.4) is 0 Å². The van der Waals surface area contributed by atoms with Crippen LogP contribution in [0.5, 0.6) is 0 Å². The summed E-state index contributed by atoms with van der Waals surface area (Å²) in [6.07, 6.45) is 10.2. The molecule has 6 nitrogen and oxygen atoms in total. The molecule has 2 aliphatic heterocycles. The van der Waals surface area contributed by atoms with Gasteiger partial charge in [0, 0.05) is 25.8 Å². The highest BCUT2D eigenvalue weighted by Gasteiger charge is 2.35. The van der Waals surface area contributed by atoms with Crippen LogP contribution in [-0.2, 0) is 12.8 Å². The van der Waals surface area contributed by atoms with E-state index >= 15 is 0 Å². The number of aryl methyl sites for hydroxylation is 1. The normalized spacial score (nSPS) is 26.6. The summed E-state index contributed by atoms with van der Waals surface area (Å²) in [4.78, 5) is 32.6. The van der Waals surface area contributed by atoms with Crippen molar-refractivity contribution in [2.24, 2.45) is 0 Å². The largest absolute Gasteiger partial charge is 0.388 e. The van der Waals surface area contributed by atoms with Crippen LogP contribution in [0, 0.1) is 0 Å². The van der Waals surface area contributed by atoms with Crippen molar-refractivity contribution in [2.75, 3.05) is 32.7 Å². The van der Waals surface area contributed by atoms with Gasteiger partial charge in [0.25, 0.3) is 11.5 Å². The Balaban J connectivity index is 1.49. The Bertz CT molecular complexity index is 754. The summed E-state index contributed by atoms with van der Waals surface area (Å²) < 4.78 is 0.